The van der Waals surface area contributed by atoms with Crippen LogP contribution in [0.5, 0.6) is 0 Å². The van der Waals surface area contributed by atoms with Crippen LogP contribution in [-0.4, -0.2) is 35.5 Å². The number of hydrogen-bond donors (Lipinski definition) is 1. The van der Waals surface area contributed by atoms with Gasteiger partial charge in [-0.15, -0.1) is 11.3 Å². The third kappa shape index (κ3) is 4.09. The first-order valence-electron chi connectivity index (χ1n) is 6.36. The Balaban J connectivity index is 1.90. The lowest BCUT2D eigenvalue weighted by Gasteiger charge is -2.23. The highest BCUT2D eigenvalue weighted by Gasteiger charge is 2.14. The van der Waals surface area contributed by atoms with Gasteiger partial charge in [0, 0.05) is 24.2 Å². The van der Waals surface area contributed by atoms with Gasteiger partial charge in [0.1, 0.15) is 5.82 Å². The minimum Gasteiger partial charge on any atom is -0.309 e. The fraction of sp³-hybridized carbons (Fsp3) is 0.429. The Morgan fingerprint density at radius 1 is 1.37 bits per heavy atom. The second-order valence-corrected chi connectivity index (χ2v) is 5.70. The zero-order valence-electron chi connectivity index (χ0n) is 11.6. The second-order valence-electron chi connectivity index (χ2n) is 4.72. The van der Waals surface area contributed by atoms with Crippen LogP contribution in [0, 0.1) is 6.92 Å². The zero-order valence-corrected chi connectivity index (χ0v) is 12.4. The average Bonchev–Trinajstić information content (AvgIpc) is 2.88. The van der Waals surface area contributed by atoms with Crippen LogP contribution >= 0.6 is 11.3 Å². The lowest BCUT2D eigenvalue weighted by Crippen LogP contribution is -2.30. The molecule has 0 saturated carbocycles. The van der Waals surface area contributed by atoms with Crippen molar-refractivity contribution in [3.05, 3.63) is 46.2 Å². The quantitative estimate of drug-likeness (QED) is 0.878. The van der Waals surface area contributed by atoms with Gasteiger partial charge in [-0.25, -0.2) is 9.97 Å². The molecule has 2 aromatic rings. The van der Waals surface area contributed by atoms with Gasteiger partial charge >= 0.3 is 0 Å². The molecule has 1 N–H and O–H groups in total. The third-order valence-corrected chi connectivity index (χ3v) is 3.95. The van der Waals surface area contributed by atoms with Crippen molar-refractivity contribution in [2.75, 3.05) is 20.6 Å². The number of hydrogen-bond acceptors (Lipinski definition) is 5. The maximum Gasteiger partial charge on any atom is 0.125 e. The lowest BCUT2D eigenvalue weighted by atomic mass is 10.2. The molecule has 0 spiro atoms. The van der Waals surface area contributed by atoms with Gasteiger partial charge in [-0.2, -0.15) is 0 Å². The Morgan fingerprint density at radius 2 is 2.21 bits per heavy atom. The highest BCUT2D eigenvalue weighted by molar-refractivity contribution is 7.10. The van der Waals surface area contributed by atoms with Crippen molar-refractivity contribution in [2.45, 2.75) is 19.5 Å². The van der Waals surface area contributed by atoms with E-state index in [1.54, 1.807) is 11.3 Å². The molecular weight excluding hydrogens is 256 g/mol. The molecule has 5 heteroatoms. The van der Waals surface area contributed by atoms with Crippen LogP contribution in [0.25, 0.3) is 0 Å². The second kappa shape index (κ2) is 6.75. The number of nitrogens with one attached hydrogen (secondary N) is 1. The van der Waals surface area contributed by atoms with Crippen molar-refractivity contribution in [3.8, 4) is 0 Å². The molecule has 0 aliphatic carbocycles. The van der Waals surface area contributed by atoms with Gasteiger partial charge < -0.3 is 10.2 Å². The van der Waals surface area contributed by atoms with E-state index in [0.29, 0.717) is 6.04 Å². The molecule has 0 bridgehead atoms. The fourth-order valence-electron chi connectivity index (χ4n) is 1.96. The van der Waals surface area contributed by atoms with Gasteiger partial charge in [0.2, 0.25) is 0 Å². The van der Waals surface area contributed by atoms with Crippen molar-refractivity contribution in [1.29, 1.82) is 0 Å². The van der Waals surface area contributed by atoms with Crippen molar-refractivity contribution < 1.29 is 0 Å². The molecule has 19 heavy (non-hydrogen) atoms. The molecule has 2 heterocycles. The maximum atomic E-state index is 4.39. The number of nitrogens with zero attached hydrogens (tertiary/aromatic N) is 3. The summed E-state index contributed by atoms with van der Waals surface area (Å²) in [6.07, 6.45) is 1.81. The Morgan fingerprint density at radius 3 is 2.84 bits per heavy atom. The fourth-order valence-corrected chi connectivity index (χ4v) is 2.88. The first-order valence-corrected chi connectivity index (χ1v) is 7.24. The van der Waals surface area contributed by atoms with E-state index in [4.69, 9.17) is 0 Å². The summed E-state index contributed by atoms with van der Waals surface area (Å²) in [5.41, 5.74) is 1.04. The summed E-state index contributed by atoms with van der Waals surface area (Å²) in [5.74, 6) is 0.821. The zero-order chi connectivity index (χ0) is 13.7. The summed E-state index contributed by atoms with van der Waals surface area (Å²) in [6, 6.07) is 6.65. The summed E-state index contributed by atoms with van der Waals surface area (Å²) in [6.45, 7) is 3.60. The highest BCUT2D eigenvalue weighted by atomic mass is 32.1. The number of likely N-dealkylation sites (N-methyl/N-ethyl adjacent to an activating group) is 1. The third-order valence-electron chi connectivity index (χ3n) is 2.97. The van der Waals surface area contributed by atoms with Crippen molar-refractivity contribution >= 4 is 11.3 Å². The summed E-state index contributed by atoms with van der Waals surface area (Å²) in [5, 5.41) is 5.60. The summed E-state index contributed by atoms with van der Waals surface area (Å²) in [7, 11) is 4.22. The largest absolute Gasteiger partial charge is 0.309 e. The Kier molecular flexibility index (Phi) is 5.01. The van der Waals surface area contributed by atoms with E-state index in [2.05, 4.69) is 51.8 Å². The standard InChI is InChI=1S/C14H20N4S/c1-11-16-7-6-12(17-11)9-15-10-13(18(2)3)14-5-4-8-19-14/h4-8,13,15H,9-10H2,1-3H3. The number of aromatic nitrogens is 2. The summed E-state index contributed by atoms with van der Waals surface area (Å²) in [4.78, 5) is 12.1. The van der Waals surface area contributed by atoms with Gasteiger partial charge in [-0.3, -0.25) is 0 Å². The topological polar surface area (TPSA) is 41.1 Å². The van der Waals surface area contributed by atoms with Crippen molar-refractivity contribution in [1.82, 2.24) is 20.2 Å². The van der Waals surface area contributed by atoms with E-state index in [1.165, 1.54) is 4.88 Å². The Labute approximate surface area is 118 Å². The molecule has 0 aliphatic rings. The van der Waals surface area contributed by atoms with Crippen LogP contribution in [0.2, 0.25) is 0 Å². The first kappa shape index (κ1) is 14.1. The Bertz CT molecular complexity index is 496. The molecule has 0 aromatic carbocycles. The molecule has 4 nitrogen and oxygen atoms in total. The monoisotopic (exact) mass is 276 g/mol. The van der Waals surface area contributed by atoms with E-state index in [9.17, 15) is 0 Å². The van der Waals surface area contributed by atoms with Gasteiger partial charge in [-0.1, -0.05) is 6.07 Å². The van der Waals surface area contributed by atoms with Crippen LogP contribution in [0.15, 0.2) is 29.8 Å². The van der Waals surface area contributed by atoms with Gasteiger partial charge in [0.25, 0.3) is 0 Å². The molecule has 1 unspecified atom stereocenters. The molecule has 0 aliphatic heterocycles. The van der Waals surface area contributed by atoms with Gasteiger partial charge in [-0.05, 0) is 38.5 Å². The van der Waals surface area contributed by atoms with Crippen molar-refractivity contribution in [2.24, 2.45) is 0 Å². The summed E-state index contributed by atoms with van der Waals surface area (Å²) >= 11 is 1.80. The maximum absolute atomic E-state index is 4.39. The van der Waals surface area contributed by atoms with Crippen LogP contribution in [0.1, 0.15) is 22.4 Å². The molecule has 1 atom stereocenters. The number of rotatable bonds is 6. The molecule has 0 radical (unpaired) electrons. The Hall–Kier alpha value is -1.30. The smallest absolute Gasteiger partial charge is 0.125 e. The summed E-state index contributed by atoms with van der Waals surface area (Å²) < 4.78 is 0. The van der Waals surface area contributed by atoms with Gasteiger partial charge in [0.05, 0.1) is 11.7 Å². The predicted molar refractivity (Wildman–Crippen MR) is 79.2 cm³/mol. The van der Waals surface area contributed by atoms with E-state index in [0.717, 1.165) is 24.6 Å². The van der Waals surface area contributed by atoms with E-state index in [1.807, 2.05) is 19.2 Å². The minimum atomic E-state index is 0.405. The normalized spacial score (nSPS) is 12.8. The van der Waals surface area contributed by atoms with Gasteiger partial charge in [0.15, 0.2) is 0 Å². The van der Waals surface area contributed by atoms with Crippen LogP contribution < -0.4 is 5.32 Å². The van der Waals surface area contributed by atoms with Crippen LogP contribution in [0.4, 0.5) is 0 Å². The average molecular weight is 276 g/mol. The lowest BCUT2D eigenvalue weighted by molar-refractivity contribution is 0.292. The molecule has 0 fully saturated rings. The molecule has 2 rings (SSSR count). The van der Waals surface area contributed by atoms with E-state index < -0.39 is 0 Å². The highest BCUT2D eigenvalue weighted by Crippen LogP contribution is 2.22. The van der Waals surface area contributed by atoms with Crippen LogP contribution in [-0.2, 0) is 6.54 Å². The molecule has 102 valence electrons. The van der Waals surface area contributed by atoms with Crippen LogP contribution in [0.3, 0.4) is 0 Å². The molecule has 0 saturated heterocycles. The van der Waals surface area contributed by atoms with Crippen molar-refractivity contribution in [3.63, 3.8) is 0 Å². The SMILES string of the molecule is Cc1nccc(CNCC(c2cccs2)N(C)C)n1. The van der Waals surface area contributed by atoms with E-state index in [-0.39, 0.29) is 0 Å². The minimum absolute atomic E-state index is 0.405. The van der Waals surface area contributed by atoms with E-state index >= 15 is 0 Å². The first-order chi connectivity index (χ1) is 9.16. The molecular formula is C14H20N4S. The predicted octanol–water partition coefficient (Wildman–Crippen LogP) is 2.24. The molecule has 2 aromatic heterocycles. The molecule has 0 amide bonds. The number of aryl methyl sites for hydroxylation is 1. The number of thiophene rings is 1.